The molecule has 30 heavy (non-hydrogen) atoms. The van der Waals surface area contributed by atoms with Crippen LogP contribution in [0.1, 0.15) is 18.1 Å². The van der Waals surface area contributed by atoms with Gasteiger partial charge in [-0.1, -0.05) is 29.8 Å². The Bertz CT molecular complexity index is 924. The molecule has 0 radical (unpaired) electrons. The zero-order valence-corrected chi connectivity index (χ0v) is 19.1. The molecule has 0 aliphatic rings. The number of ether oxygens (including phenoxy) is 3. The fourth-order valence-corrected chi connectivity index (χ4v) is 3.49. The maximum absolute atomic E-state index is 6.03. The van der Waals surface area contributed by atoms with E-state index in [4.69, 9.17) is 25.8 Å². The quantitative estimate of drug-likeness (QED) is 0.352. The van der Waals surface area contributed by atoms with Crippen LogP contribution in [0.25, 0.3) is 0 Å². The summed E-state index contributed by atoms with van der Waals surface area (Å²) in [6, 6.07) is 17.2. The molecule has 0 spiro atoms. The fourth-order valence-electron chi connectivity index (χ4n) is 2.76. The number of halogens is 2. The van der Waals surface area contributed by atoms with E-state index in [2.05, 4.69) is 26.2 Å². The van der Waals surface area contributed by atoms with E-state index in [1.54, 1.807) is 6.20 Å². The van der Waals surface area contributed by atoms with Crippen molar-refractivity contribution in [1.29, 1.82) is 0 Å². The third kappa shape index (κ3) is 6.90. The smallest absolute Gasteiger partial charge is 0.213 e. The molecule has 0 saturated heterocycles. The third-order valence-electron chi connectivity index (χ3n) is 4.16. The summed E-state index contributed by atoms with van der Waals surface area (Å²) < 4.78 is 18.3. The lowest BCUT2D eigenvalue weighted by Crippen LogP contribution is -2.20. The Hall–Kier alpha value is -2.28. The molecule has 3 aromatic rings. The van der Waals surface area contributed by atoms with Gasteiger partial charge in [-0.25, -0.2) is 4.98 Å². The number of nitrogens with one attached hydrogen (secondary N) is 1. The van der Waals surface area contributed by atoms with Crippen molar-refractivity contribution in [1.82, 2.24) is 10.3 Å². The number of nitrogens with zero attached hydrogens (tertiary/aromatic N) is 1. The Morgan fingerprint density at radius 2 is 1.83 bits per heavy atom. The molecule has 0 atom stereocenters. The van der Waals surface area contributed by atoms with E-state index in [0.29, 0.717) is 55.3 Å². The van der Waals surface area contributed by atoms with Gasteiger partial charge in [0, 0.05) is 30.4 Å². The summed E-state index contributed by atoms with van der Waals surface area (Å²) in [6.45, 7) is 4.86. The summed E-state index contributed by atoms with van der Waals surface area (Å²) in [5.74, 6) is 2.03. The normalized spacial score (nSPS) is 10.6. The molecule has 0 aliphatic carbocycles. The van der Waals surface area contributed by atoms with E-state index in [9.17, 15) is 0 Å². The van der Waals surface area contributed by atoms with E-state index in [1.807, 2.05) is 61.5 Å². The Kier molecular flexibility index (Phi) is 8.81. The highest BCUT2D eigenvalue weighted by atomic mass is 79.9. The summed E-state index contributed by atoms with van der Waals surface area (Å²) in [5.41, 5.74) is 2.12. The van der Waals surface area contributed by atoms with Gasteiger partial charge < -0.3 is 19.5 Å². The minimum absolute atomic E-state index is 0.429. The van der Waals surface area contributed by atoms with Crippen LogP contribution in [0.3, 0.4) is 0 Å². The number of rotatable bonds is 11. The van der Waals surface area contributed by atoms with Crippen molar-refractivity contribution in [3.8, 4) is 17.4 Å². The maximum atomic E-state index is 6.03. The molecule has 1 N–H and O–H groups in total. The van der Waals surface area contributed by atoms with Crippen molar-refractivity contribution in [2.75, 3.05) is 19.8 Å². The van der Waals surface area contributed by atoms with Crippen molar-refractivity contribution < 1.29 is 14.2 Å². The van der Waals surface area contributed by atoms with Crippen molar-refractivity contribution in [3.05, 3.63) is 81.4 Å². The van der Waals surface area contributed by atoms with Crippen molar-refractivity contribution in [3.63, 3.8) is 0 Å². The van der Waals surface area contributed by atoms with Gasteiger partial charge in [0.05, 0.1) is 11.1 Å². The molecule has 2 aromatic carbocycles. The second-order valence-electron chi connectivity index (χ2n) is 6.45. The SMILES string of the molecule is CCOc1cc(CNCCOc2ccccn2)cc(Br)c1OCc1ccc(Cl)cc1. The summed E-state index contributed by atoms with van der Waals surface area (Å²) in [7, 11) is 0. The van der Waals surface area contributed by atoms with Crippen LogP contribution >= 0.6 is 27.5 Å². The number of benzene rings is 2. The molecule has 158 valence electrons. The summed E-state index contributed by atoms with van der Waals surface area (Å²) in [4.78, 5) is 4.14. The number of hydrogen-bond acceptors (Lipinski definition) is 5. The Morgan fingerprint density at radius 1 is 1.00 bits per heavy atom. The predicted molar refractivity (Wildman–Crippen MR) is 123 cm³/mol. The molecule has 5 nitrogen and oxygen atoms in total. The molecule has 0 bridgehead atoms. The van der Waals surface area contributed by atoms with Crippen LogP contribution in [0.2, 0.25) is 5.02 Å². The molecule has 0 unspecified atom stereocenters. The Balaban J connectivity index is 1.55. The monoisotopic (exact) mass is 490 g/mol. The minimum Gasteiger partial charge on any atom is -0.490 e. The minimum atomic E-state index is 0.429. The van der Waals surface area contributed by atoms with Crippen LogP contribution in [-0.4, -0.2) is 24.7 Å². The van der Waals surface area contributed by atoms with Crippen LogP contribution in [0, 0.1) is 0 Å². The van der Waals surface area contributed by atoms with Crippen LogP contribution < -0.4 is 19.5 Å². The van der Waals surface area contributed by atoms with Gasteiger partial charge in [0.1, 0.15) is 13.2 Å². The predicted octanol–water partition coefficient (Wildman–Crippen LogP) is 5.64. The highest BCUT2D eigenvalue weighted by molar-refractivity contribution is 9.10. The van der Waals surface area contributed by atoms with E-state index >= 15 is 0 Å². The molecule has 7 heteroatoms. The number of pyridine rings is 1. The Morgan fingerprint density at radius 3 is 2.57 bits per heavy atom. The standard InChI is InChI=1S/C23H24BrClN2O3/c1-2-28-21-14-18(15-26-11-12-29-22-5-3-4-10-27-22)13-20(24)23(21)30-16-17-6-8-19(25)9-7-17/h3-10,13-14,26H,2,11-12,15-16H2,1H3. The molecule has 0 fully saturated rings. The van der Waals surface area contributed by atoms with Gasteiger partial charge in [0.15, 0.2) is 11.5 Å². The molecule has 0 saturated carbocycles. The third-order valence-corrected chi connectivity index (χ3v) is 5.00. The average Bonchev–Trinajstić information content (AvgIpc) is 2.75. The zero-order chi connectivity index (χ0) is 21.2. The average molecular weight is 492 g/mol. The highest BCUT2D eigenvalue weighted by Gasteiger charge is 2.13. The van der Waals surface area contributed by atoms with Crippen LogP contribution in [0.5, 0.6) is 17.4 Å². The van der Waals surface area contributed by atoms with Gasteiger partial charge in [-0.2, -0.15) is 0 Å². The van der Waals surface area contributed by atoms with Crippen molar-refractivity contribution in [2.45, 2.75) is 20.1 Å². The first kappa shape index (κ1) is 22.4. The number of hydrogen-bond donors (Lipinski definition) is 1. The molecular formula is C23H24BrClN2O3. The molecule has 3 rings (SSSR count). The number of aromatic nitrogens is 1. The summed E-state index contributed by atoms with van der Waals surface area (Å²) in [5, 5.41) is 4.07. The lowest BCUT2D eigenvalue weighted by molar-refractivity contribution is 0.267. The van der Waals surface area contributed by atoms with Gasteiger partial charge in [0.2, 0.25) is 5.88 Å². The van der Waals surface area contributed by atoms with E-state index in [0.717, 1.165) is 15.6 Å². The lowest BCUT2D eigenvalue weighted by atomic mass is 10.2. The molecule has 1 aromatic heterocycles. The van der Waals surface area contributed by atoms with E-state index in [1.165, 1.54) is 0 Å². The van der Waals surface area contributed by atoms with Gasteiger partial charge in [-0.3, -0.25) is 0 Å². The van der Waals surface area contributed by atoms with Crippen LogP contribution in [0.4, 0.5) is 0 Å². The van der Waals surface area contributed by atoms with Gasteiger partial charge in [-0.15, -0.1) is 0 Å². The zero-order valence-electron chi connectivity index (χ0n) is 16.7. The first-order valence-electron chi connectivity index (χ1n) is 9.72. The van der Waals surface area contributed by atoms with Crippen molar-refractivity contribution >= 4 is 27.5 Å². The largest absolute Gasteiger partial charge is 0.490 e. The second kappa shape index (κ2) is 11.8. The summed E-state index contributed by atoms with van der Waals surface area (Å²) in [6.07, 6.45) is 1.71. The van der Waals surface area contributed by atoms with Crippen molar-refractivity contribution in [2.24, 2.45) is 0 Å². The molecule has 1 heterocycles. The maximum Gasteiger partial charge on any atom is 0.213 e. The van der Waals surface area contributed by atoms with Gasteiger partial charge >= 0.3 is 0 Å². The molecular weight excluding hydrogens is 468 g/mol. The lowest BCUT2D eigenvalue weighted by Gasteiger charge is -2.16. The van der Waals surface area contributed by atoms with Crippen LogP contribution in [0.15, 0.2) is 65.3 Å². The summed E-state index contributed by atoms with van der Waals surface area (Å²) >= 11 is 9.56. The first-order chi connectivity index (χ1) is 14.7. The first-order valence-corrected chi connectivity index (χ1v) is 10.9. The van der Waals surface area contributed by atoms with E-state index < -0.39 is 0 Å². The Labute approximate surface area is 190 Å². The topological polar surface area (TPSA) is 52.6 Å². The van der Waals surface area contributed by atoms with E-state index in [-0.39, 0.29) is 0 Å². The molecule has 0 aliphatic heterocycles. The van der Waals surface area contributed by atoms with Crippen LogP contribution in [-0.2, 0) is 13.2 Å². The van der Waals surface area contributed by atoms with Gasteiger partial charge in [-0.05, 0) is 64.3 Å². The molecule has 0 amide bonds. The fraction of sp³-hybridized carbons (Fsp3) is 0.261. The van der Waals surface area contributed by atoms with Gasteiger partial charge in [0.25, 0.3) is 0 Å². The second-order valence-corrected chi connectivity index (χ2v) is 7.74. The highest BCUT2D eigenvalue weighted by Crippen LogP contribution is 2.37.